The summed E-state index contributed by atoms with van der Waals surface area (Å²) in [5.41, 5.74) is 5.05. The number of carbonyl (C=O) groups excluding carboxylic acids is 1. The van der Waals surface area contributed by atoms with Crippen molar-refractivity contribution in [3.63, 3.8) is 0 Å². The third kappa shape index (κ3) is 11.8. The van der Waals surface area contributed by atoms with Crippen LogP contribution < -0.4 is 5.73 Å². The van der Waals surface area contributed by atoms with Crippen molar-refractivity contribution in [2.24, 2.45) is 5.73 Å². The number of amides is 1. The molecule has 0 aromatic rings. The van der Waals surface area contributed by atoms with E-state index in [2.05, 4.69) is 6.92 Å². The highest BCUT2D eigenvalue weighted by Gasteiger charge is 1.94. The molecule has 0 saturated carbocycles. The predicted octanol–water partition coefficient (Wildman–Crippen LogP) is 2.96. The van der Waals surface area contributed by atoms with Crippen LogP contribution in [0, 0.1) is 0 Å². The van der Waals surface area contributed by atoms with E-state index >= 15 is 0 Å². The molecule has 0 aliphatic rings. The Morgan fingerprint density at radius 1 is 1.07 bits per heavy atom. The molecule has 0 spiro atoms. The monoisotopic (exact) mass is 217 g/mol. The highest BCUT2D eigenvalue weighted by molar-refractivity contribution is 7.99. The number of thioether (sulfide) groups is 1. The van der Waals surface area contributed by atoms with E-state index < -0.39 is 0 Å². The lowest BCUT2D eigenvalue weighted by molar-refractivity contribution is -0.118. The molecule has 0 heterocycles. The van der Waals surface area contributed by atoms with E-state index in [-0.39, 0.29) is 5.91 Å². The van der Waals surface area contributed by atoms with Gasteiger partial charge in [0.2, 0.25) is 5.91 Å². The molecule has 0 rings (SSSR count). The van der Waals surface area contributed by atoms with E-state index in [1.807, 2.05) is 11.8 Å². The van der Waals surface area contributed by atoms with Crippen molar-refractivity contribution >= 4 is 17.7 Å². The maximum atomic E-state index is 10.4. The Labute approximate surface area is 92.0 Å². The molecule has 14 heavy (non-hydrogen) atoms. The summed E-state index contributed by atoms with van der Waals surface area (Å²) in [6.07, 6.45) is 7.93. The molecule has 1 amide bonds. The fourth-order valence-corrected chi connectivity index (χ4v) is 2.05. The molecule has 0 aromatic heterocycles. The van der Waals surface area contributed by atoms with Crippen molar-refractivity contribution in [3.8, 4) is 0 Å². The molecule has 0 fully saturated rings. The fraction of sp³-hybridized carbons (Fsp3) is 0.909. The third-order valence-corrected chi connectivity index (χ3v) is 3.15. The van der Waals surface area contributed by atoms with Crippen molar-refractivity contribution in [3.05, 3.63) is 0 Å². The summed E-state index contributed by atoms with van der Waals surface area (Å²) in [6, 6.07) is 0. The molecular weight excluding hydrogens is 194 g/mol. The first-order valence-electron chi connectivity index (χ1n) is 5.63. The molecule has 0 bridgehead atoms. The van der Waals surface area contributed by atoms with Crippen molar-refractivity contribution in [1.82, 2.24) is 0 Å². The van der Waals surface area contributed by atoms with Crippen LogP contribution in [0.1, 0.15) is 51.9 Å². The van der Waals surface area contributed by atoms with Gasteiger partial charge in [0, 0.05) is 6.42 Å². The van der Waals surface area contributed by atoms with Crippen molar-refractivity contribution in [1.29, 1.82) is 0 Å². The molecule has 0 unspecified atom stereocenters. The molecular formula is C11H23NOS. The van der Waals surface area contributed by atoms with Crippen LogP contribution in [-0.4, -0.2) is 17.4 Å². The lowest BCUT2D eigenvalue weighted by Crippen LogP contribution is -2.09. The van der Waals surface area contributed by atoms with Gasteiger partial charge in [-0.2, -0.15) is 11.8 Å². The van der Waals surface area contributed by atoms with Gasteiger partial charge in [0.25, 0.3) is 0 Å². The van der Waals surface area contributed by atoms with Crippen LogP contribution in [0.25, 0.3) is 0 Å². The van der Waals surface area contributed by atoms with Crippen molar-refractivity contribution in [2.75, 3.05) is 11.5 Å². The molecule has 2 nitrogen and oxygen atoms in total. The highest BCUT2D eigenvalue weighted by atomic mass is 32.2. The van der Waals surface area contributed by atoms with Gasteiger partial charge in [-0.3, -0.25) is 4.79 Å². The van der Waals surface area contributed by atoms with Gasteiger partial charge in [0.1, 0.15) is 0 Å². The minimum atomic E-state index is -0.163. The lowest BCUT2D eigenvalue weighted by Gasteiger charge is -2.00. The average Bonchev–Trinajstić information content (AvgIpc) is 2.15. The summed E-state index contributed by atoms with van der Waals surface area (Å²) < 4.78 is 0. The number of rotatable bonds is 10. The topological polar surface area (TPSA) is 43.1 Å². The zero-order chi connectivity index (χ0) is 10.6. The Kier molecular flexibility index (Phi) is 10.8. The van der Waals surface area contributed by atoms with Crippen LogP contribution in [-0.2, 0) is 4.79 Å². The van der Waals surface area contributed by atoms with E-state index in [1.54, 1.807) is 0 Å². The second kappa shape index (κ2) is 10.9. The Morgan fingerprint density at radius 2 is 1.64 bits per heavy atom. The van der Waals surface area contributed by atoms with Gasteiger partial charge in [-0.05, 0) is 24.3 Å². The number of unbranched alkanes of at least 4 members (excludes halogenated alkanes) is 5. The quantitative estimate of drug-likeness (QED) is 0.572. The van der Waals surface area contributed by atoms with Crippen LogP contribution in [0.15, 0.2) is 0 Å². The van der Waals surface area contributed by atoms with E-state index in [4.69, 9.17) is 5.73 Å². The Hall–Kier alpha value is -0.180. The first-order valence-corrected chi connectivity index (χ1v) is 6.79. The SMILES string of the molecule is CCSCCCCCCCCC(N)=O. The molecule has 0 saturated heterocycles. The minimum Gasteiger partial charge on any atom is -0.370 e. The molecule has 2 N–H and O–H groups in total. The summed E-state index contributed by atoms with van der Waals surface area (Å²) in [7, 11) is 0. The molecule has 0 aliphatic carbocycles. The predicted molar refractivity (Wildman–Crippen MR) is 64.5 cm³/mol. The zero-order valence-electron chi connectivity index (χ0n) is 9.26. The van der Waals surface area contributed by atoms with Crippen LogP contribution >= 0.6 is 11.8 Å². The van der Waals surface area contributed by atoms with E-state index in [9.17, 15) is 4.79 Å². The number of hydrogen-bond donors (Lipinski definition) is 1. The van der Waals surface area contributed by atoms with Gasteiger partial charge in [0.15, 0.2) is 0 Å². The Balaban J connectivity index is 2.88. The Bertz CT molecular complexity index is 139. The van der Waals surface area contributed by atoms with Gasteiger partial charge >= 0.3 is 0 Å². The van der Waals surface area contributed by atoms with E-state index in [0.717, 1.165) is 12.8 Å². The number of nitrogens with two attached hydrogens (primary N) is 1. The van der Waals surface area contributed by atoms with Crippen LogP contribution in [0.5, 0.6) is 0 Å². The maximum absolute atomic E-state index is 10.4. The fourth-order valence-electron chi connectivity index (χ4n) is 1.35. The first-order chi connectivity index (χ1) is 6.77. The average molecular weight is 217 g/mol. The Morgan fingerprint density at radius 3 is 2.21 bits per heavy atom. The summed E-state index contributed by atoms with van der Waals surface area (Å²) in [5.74, 6) is 2.38. The third-order valence-electron chi connectivity index (χ3n) is 2.17. The van der Waals surface area contributed by atoms with Crippen molar-refractivity contribution < 1.29 is 4.79 Å². The number of carbonyl (C=O) groups is 1. The van der Waals surface area contributed by atoms with Gasteiger partial charge in [0.05, 0.1) is 0 Å². The van der Waals surface area contributed by atoms with Gasteiger partial charge < -0.3 is 5.73 Å². The molecule has 0 radical (unpaired) electrons. The largest absolute Gasteiger partial charge is 0.370 e. The minimum absolute atomic E-state index is 0.163. The second-order valence-corrected chi connectivity index (χ2v) is 4.93. The normalized spacial score (nSPS) is 10.4. The van der Waals surface area contributed by atoms with Crippen LogP contribution in [0.4, 0.5) is 0 Å². The molecule has 0 aliphatic heterocycles. The van der Waals surface area contributed by atoms with Crippen LogP contribution in [0.2, 0.25) is 0 Å². The summed E-state index contributed by atoms with van der Waals surface area (Å²) >= 11 is 2.02. The number of primary amides is 1. The van der Waals surface area contributed by atoms with Gasteiger partial charge in [-0.1, -0.05) is 32.6 Å². The summed E-state index contributed by atoms with van der Waals surface area (Å²) in [5, 5.41) is 0. The van der Waals surface area contributed by atoms with Crippen LogP contribution in [0.3, 0.4) is 0 Å². The van der Waals surface area contributed by atoms with Gasteiger partial charge in [-0.25, -0.2) is 0 Å². The summed E-state index contributed by atoms with van der Waals surface area (Å²) in [4.78, 5) is 10.4. The van der Waals surface area contributed by atoms with E-state index in [1.165, 1.54) is 37.2 Å². The molecule has 0 aromatic carbocycles. The molecule has 3 heteroatoms. The standard InChI is InChI=1S/C11H23NOS/c1-2-14-10-8-6-4-3-5-7-9-11(12)13/h2-10H2,1H3,(H2,12,13). The smallest absolute Gasteiger partial charge is 0.217 e. The number of hydrogen-bond acceptors (Lipinski definition) is 2. The first kappa shape index (κ1) is 13.8. The maximum Gasteiger partial charge on any atom is 0.217 e. The summed E-state index contributed by atoms with van der Waals surface area (Å²) in [6.45, 7) is 2.20. The second-order valence-electron chi connectivity index (χ2n) is 3.53. The van der Waals surface area contributed by atoms with Gasteiger partial charge in [-0.15, -0.1) is 0 Å². The lowest BCUT2D eigenvalue weighted by atomic mass is 10.1. The zero-order valence-corrected chi connectivity index (χ0v) is 10.1. The van der Waals surface area contributed by atoms with Crippen molar-refractivity contribution in [2.45, 2.75) is 51.9 Å². The molecule has 84 valence electrons. The highest BCUT2D eigenvalue weighted by Crippen LogP contribution is 2.09. The van der Waals surface area contributed by atoms with E-state index in [0.29, 0.717) is 6.42 Å². The molecule has 0 atom stereocenters.